The van der Waals surface area contributed by atoms with Crippen LogP contribution in [0.3, 0.4) is 0 Å². The SMILES string of the molecule is C=Cc1ccccc1.CC(=CC=Cc1ccccc1)C(=O)O.O=C1CC(O)C(=O)O1. The molecule has 2 aromatic carbocycles. The minimum absolute atomic E-state index is 0.196. The predicted octanol–water partition coefficient (Wildman–Crippen LogP) is 3.88. The molecule has 0 bridgehead atoms. The number of carbonyl (C=O) groups excluding carboxylic acids is 2. The van der Waals surface area contributed by atoms with E-state index in [1.54, 1.807) is 19.1 Å². The maximum Gasteiger partial charge on any atom is 0.343 e. The number of allylic oxidation sites excluding steroid dienone is 2. The highest BCUT2D eigenvalue weighted by Gasteiger charge is 2.30. The fourth-order valence-electron chi connectivity index (χ4n) is 1.99. The van der Waals surface area contributed by atoms with Crippen molar-refractivity contribution in [1.29, 1.82) is 0 Å². The molecule has 0 spiro atoms. The van der Waals surface area contributed by atoms with Gasteiger partial charge in [-0.25, -0.2) is 9.59 Å². The second kappa shape index (κ2) is 13.4. The van der Waals surface area contributed by atoms with Crippen molar-refractivity contribution in [2.75, 3.05) is 0 Å². The molecule has 1 atom stereocenters. The van der Waals surface area contributed by atoms with E-state index in [4.69, 9.17) is 10.2 Å². The predicted molar refractivity (Wildman–Crippen MR) is 115 cm³/mol. The van der Waals surface area contributed by atoms with Gasteiger partial charge in [-0.3, -0.25) is 4.79 Å². The first-order chi connectivity index (χ1) is 14.3. The molecule has 0 radical (unpaired) electrons. The summed E-state index contributed by atoms with van der Waals surface area (Å²) in [7, 11) is 0. The zero-order valence-electron chi connectivity index (χ0n) is 16.6. The van der Waals surface area contributed by atoms with E-state index in [2.05, 4.69) is 11.3 Å². The van der Waals surface area contributed by atoms with E-state index in [1.165, 1.54) is 5.56 Å². The number of esters is 2. The van der Waals surface area contributed by atoms with Crippen LogP contribution in [0.5, 0.6) is 0 Å². The van der Waals surface area contributed by atoms with Gasteiger partial charge in [-0.1, -0.05) is 91.5 Å². The van der Waals surface area contributed by atoms with Gasteiger partial charge in [0, 0.05) is 5.57 Å². The molecular formula is C24H24O6. The van der Waals surface area contributed by atoms with Crippen LogP contribution in [0.4, 0.5) is 0 Å². The first kappa shape index (κ1) is 24.3. The number of cyclic esters (lactones) is 2. The number of aliphatic hydroxyl groups excluding tert-OH is 1. The zero-order chi connectivity index (χ0) is 22.4. The van der Waals surface area contributed by atoms with Crippen LogP contribution in [0, 0.1) is 0 Å². The van der Waals surface area contributed by atoms with Crippen LogP contribution < -0.4 is 0 Å². The van der Waals surface area contributed by atoms with Crippen molar-refractivity contribution in [1.82, 2.24) is 0 Å². The second-order valence-electron chi connectivity index (χ2n) is 6.05. The Balaban J connectivity index is 0.000000240. The van der Waals surface area contributed by atoms with E-state index in [0.29, 0.717) is 5.57 Å². The minimum atomic E-state index is -1.22. The van der Waals surface area contributed by atoms with E-state index >= 15 is 0 Å². The van der Waals surface area contributed by atoms with E-state index in [9.17, 15) is 14.4 Å². The first-order valence-corrected chi connectivity index (χ1v) is 9.07. The Bertz CT molecular complexity index is 898. The van der Waals surface area contributed by atoms with E-state index in [-0.39, 0.29) is 6.42 Å². The molecule has 1 aliphatic heterocycles. The van der Waals surface area contributed by atoms with Gasteiger partial charge < -0.3 is 14.9 Å². The Morgan fingerprint density at radius 3 is 1.90 bits per heavy atom. The Kier molecular flexibility index (Phi) is 10.9. The van der Waals surface area contributed by atoms with Gasteiger partial charge in [0.25, 0.3) is 0 Å². The molecule has 3 rings (SSSR count). The minimum Gasteiger partial charge on any atom is -0.478 e. The van der Waals surface area contributed by atoms with Crippen molar-refractivity contribution in [3.8, 4) is 0 Å². The highest BCUT2D eigenvalue weighted by Crippen LogP contribution is 2.06. The summed E-state index contributed by atoms with van der Waals surface area (Å²) in [5, 5.41) is 17.0. The molecule has 1 fully saturated rings. The Morgan fingerprint density at radius 2 is 1.57 bits per heavy atom. The summed E-state index contributed by atoms with van der Waals surface area (Å²) in [6.07, 6.45) is 5.60. The fraction of sp³-hybridized carbons (Fsp3) is 0.125. The molecule has 1 aliphatic rings. The van der Waals surface area contributed by atoms with Crippen LogP contribution in [0.15, 0.2) is 85.0 Å². The first-order valence-electron chi connectivity index (χ1n) is 9.07. The van der Waals surface area contributed by atoms with Crippen LogP contribution in [0.1, 0.15) is 24.5 Å². The molecule has 6 heteroatoms. The number of benzene rings is 2. The van der Waals surface area contributed by atoms with Gasteiger partial charge in [0.15, 0.2) is 6.10 Å². The molecule has 156 valence electrons. The molecule has 2 aromatic rings. The second-order valence-corrected chi connectivity index (χ2v) is 6.05. The summed E-state index contributed by atoms with van der Waals surface area (Å²) in [6.45, 7) is 5.20. The number of rotatable bonds is 4. The average Bonchev–Trinajstić information content (AvgIpc) is 3.05. The Morgan fingerprint density at radius 1 is 1.03 bits per heavy atom. The smallest absolute Gasteiger partial charge is 0.343 e. The van der Waals surface area contributed by atoms with Gasteiger partial charge in [-0.05, 0) is 18.1 Å². The molecule has 1 saturated heterocycles. The van der Waals surface area contributed by atoms with Crippen molar-refractivity contribution in [3.05, 3.63) is 96.1 Å². The normalized spacial score (nSPS) is 15.4. The summed E-state index contributed by atoms with van der Waals surface area (Å²) < 4.78 is 3.95. The van der Waals surface area contributed by atoms with Gasteiger partial charge in [-0.15, -0.1) is 0 Å². The molecule has 0 saturated carbocycles. The van der Waals surface area contributed by atoms with Crippen molar-refractivity contribution in [2.45, 2.75) is 19.4 Å². The Hall–Kier alpha value is -3.77. The van der Waals surface area contributed by atoms with Crippen LogP contribution in [0.25, 0.3) is 12.2 Å². The van der Waals surface area contributed by atoms with Crippen LogP contribution in [0.2, 0.25) is 0 Å². The van der Waals surface area contributed by atoms with Gasteiger partial charge >= 0.3 is 17.9 Å². The van der Waals surface area contributed by atoms with Gasteiger partial charge in [-0.2, -0.15) is 0 Å². The maximum atomic E-state index is 10.4. The standard InChI is InChI=1S/C12H12O2.C8H8.C4H4O4/c1-10(12(13)14)6-5-9-11-7-3-2-4-8-11;1-2-8-6-4-3-5-7-8;5-2-1-3(6)8-4(2)7/h2-9H,1H3,(H,13,14);2-7H,1H2;2,5H,1H2. The summed E-state index contributed by atoms with van der Waals surface area (Å²) in [5.74, 6) is -2.37. The number of hydrogen-bond acceptors (Lipinski definition) is 5. The third kappa shape index (κ3) is 9.96. The summed E-state index contributed by atoms with van der Waals surface area (Å²) in [6, 6.07) is 19.8. The molecule has 0 aromatic heterocycles. The summed E-state index contributed by atoms with van der Waals surface area (Å²) in [5.41, 5.74) is 2.56. The number of aliphatic hydroxyl groups is 1. The topological polar surface area (TPSA) is 101 Å². The largest absolute Gasteiger partial charge is 0.478 e. The maximum absolute atomic E-state index is 10.4. The third-order valence-electron chi connectivity index (χ3n) is 3.65. The number of carbonyl (C=O) groups is 3. The molecule has 2 N–H and O–H groups in total. The quantitative estimate of drug-likeness (QED) is 0.345. The average molecular weight is 408 g/mol. The third-order valence-corrected chi connectivity index (χ3v) is 3.65. The lowest BCUT2D eigenvalue weighted by Crippen LogP contribution is -2.11. The number of ether oxygens (including phenoxy) is 1. The highest BCUT2D eigenvalue weighted by atomic mass is 16.6. The summed E-state index contributed by atoms with van der Waals surface area (Å²) >= 11 is 0. The lowest BCUT2D eigenvalue weighted by molar-refractivity contribution is -0.154. The molecule has 1 heterocycles. The molecular weight excluding hydrogens is 384 g/mol. The number of carboxylic acid groups (broad SMARTS) is 1. The van der Waals surface area contributed by atoms with Crippen LogP contribution >= 0.6 is 0 Å². The number of hydrogen-bond donors (Lipinski definition) is 2. The molecule has 0 amide bonds. The molecule has 0 aliphatic carbocycles. The molecule has 1 unspecified atom stereocenters. The van der Waals surface area contributed by atoms with Crippen molar-refractivity contribution >= 4 is 30.1 Å². The fourth-order valence-corrected chi connectivity index (χ4v) is 1.99. The lowest BCUT2D eigenvalue weighted by Gasteiger charge is -1.90. The van der Waals surface area contributed by atoms with Crippen molar-refractivity contribution in [3.63, 3.8) is 0 Å². The highest BCUT2D eigenvalue weighted by molar-refractivity contribution is 5.95. The lowest BCUT2D eigenvalue weighted by atomic mass is 10.2. The van der Waals surface area contributed by atoms with Crippen molar-refractivity contribution < 1.29 is 29.3 Å². The van der Waals surface area contributed by atoms with Gasteiger partial charge in [0.05, 0.1) is 6.42 Å². The molecule has 6 nitrogen and oxygen atoms in total. The van der Waals surface area contributed by atoms with E-state index < -0.39 is 24.0 Å². The van der Waals surface area contributed by atoms with Crippen molar-refractivity contribution in [2.24, 2.45) is 0 Å². The zero-order valence-corrected chi connectivity index (χ0v) is 16.6. The monoisotopic (exact) mass is 408 g/mol. The van der Waals surface area contributed by atoms with Gasteiger partial charge in [0.2, 0.25) is 0 Å². The van der Waals surface area contributed by atoms with E-state index in [0.717, 1.165) is 5.56 Å². The molecule has 30 heavy (non-hydrogen) atoms. The van der Waals surface area contributed by atoms with Crippen LogP contribution in [-0.2, 0) is 19.1 Å². The van der Waals surface area contributed by atoms with E-state index in [1.807, 2.05) is 72.8 Å². The summed E-state index contributed by atoms with van der Waals surface area (Å²) in [4.78, 5) is 30.6. The number of aliphatic carboxylic acids is 1. The number of carboxylic acids is 1. The Labute approximate surface area is 175 Å². The van der Waals surface area contributed by atoms with Gasteiger partial charge in [0.1, 0.15) is 0 Å². The van der Waals surface area contributed by atoms with Crippen LogP contribution in [-0.4, -0.2) is 34.2 Å².